The largest absolute Gasteiger partial charge is 0.395 e. The normalized spacial score (nSPS) is 15.3. The number of hydrogen-bond acceptors (Lipinski definition) is 3. The molecule has 1 N–H and O–H groups in total. The first-order valence-corrected chi connectivity index (χ1v) is 7.32. The summed E-state index contributed by atoms with van der Waals surface area (Å²) in [6.07, 6.45) is 4.47. The molecule has 0 bridgehead atoms. The number of nitrogens with zero attached hydrogens (tertiary/aromatic N) is 2. The number of aliphatic hydroxyl groups excluding tert-OH is 1. The first kappa shape index (κ1) is 14.9. The van der Waals surface area contributed by atoms with E-state index in [1.165, 1.54) is 12.8 Å². The third-order valence-corrected chi connectivity index (χ3v) is 4.00. The molecule has 0 atom stereocenters. The molecule has 4 heteroatoms. The Labute approximate surface area is 121 Å². The van der Waals surface area contributed by atoms with Crippen molar-refractivity contribution in [3.8, 4) is 0 Å². The Bertz CT molecular complexity index is 436. The van der Waals surface area contributed by atoms with Crippen LogP contribution in [0.4, 0.5) is 5.69 Å². The summed E-state index contributed by atoms with van der Waals surface area (Å²) in [5.74, 6) is 0.0382. The predicted molar refractivity (Wildman–Crippen MR) is 81.1 cm³/mol. The second-order valence-corrected chi connectivity index (χ2v) is 5.60. The minimum Gasteiger partial charge on any atom is -0.395 e. The van der Waals surface area contributed by atoms with Crippen molar-refractivity contribution < 1.29 is 9.90 Å². The molecule has 0 radical (unpaired) electrons. The lowest BCUT2D eigenvalue weighted by molar-refractivity contribution is 0.0638. The molecule has 1 aliphatic carbocycles. The van der Waals surface area contributed by atoms with E-state index in [0.717, 1.165) is 18.5 Å². The van der Waals surface area contributed by atoms with E-state index >= 15 is 0 Å². The van der Waals surface area contributed by atoms with Gasteiger partial charge in [0.2, 0.25) is 0 Å². The Morgan fingerprint density at radius 3 is 2.30 bits per heavy atom. The fraction of sp³-hybridized carbons (Fsp3) is 0.562. The van der Waals surface area contributed by atoms with Gasteiger partial charge in [0.15, 0.2) is 0 Å². The maximum absolute atomic E-state index is 12.6. The van der Waals surface area contributed by atoms with Crippen LogP contribution in [0.25, 0.3) is 0 Å². The van der Waals surface area contributed by atoms with Crippen LogP contribution in [-0.2, 0) is 0 Å². The van der Waals surface area contributed by atoms with Gasteiger partial charge >= 0.3 is 0 Å². The van der Waals surface area contributed by atoms with Gasteiger partial charge in [-0.05, 0) is 37.1 Å². The Kier molecular flexibility index (Phi) is 5.01. The summed E-state index contributed by atoms with van der Waals surface area (Å²) in [6.45, 7) is 0.455. The SMILES string of the molecule is CN(C)c1ccc(C(=O)N(CCO)C2CCCC2)cc1. The summed E-state index contributed by atoms with van der Waals surface area (Å²) in [7, 11) is 3.96. The van der Waals surface area contributed by atoms with Crippen molar-refractivity contribution in [2.45, 2.75) is 31.7 Å². The third kappa shape index (κ3) is 3.31. The minimum atomic E-state index is 0.0258. The van der Waals surface area contributed by atoms with E-state index in [1.807, 2.05) is 48.2 Å². The molecule has 0 spiro atoms. The lowest BCUT2D eigenvalue weighted by Crippen LogP contribution is -2.40. The molecule has 4 nitrogen and oxygen atoms in total. The zero-order chi connectivity index (χ0) is 14.5. The van der Waals surface area contributed by atoms with E-state index in [9.17, 15) is 9.90 Å². The molecule has 1 aromatic rings. The number of anilines is 1. The molecular formula is C16H24N2O2. The van der Waals surface area contributed by atoms with E-state index in [0.29, 0.717) is 18.2 Å². The van der Waals surface area contributed by atoms with E-state index in [-0.39, 0.29) is 12.5 Å². The number of hydrogen-bond donors (Lipinski definition) is 1. The predicted octanol–water partition coefficient (Wildman–Crippen LogP) is 2.13. The molecule has 1 aliphatic rings. The highest BCUT2D eigenvalue weighted by molar-refractivity contribution is 5.94. The van der Waals surface area contributed by atoms with Gasteiger partial charge < -0.3 is 14.9 Å². The summed E-state index contributed by atoms with van der Waals surface area (Å²) < 4.78 is 0. The number of rotatable bonds is 5. The van der Waals surface area contributed by atoms with E-state index in [2.05, 4.69) is 0 Å². The summed E-state index contributed by atoms with van der Waals surface area (Å²) >= 11 is 0. The lowest BCUT2D eigenvalue weighted by atomic mass is 10.1. The van der Waals surface area contributed by atoms with Crippen LogP contribution in [-0.4, -0.2) is 49.2 Å². The molecule has 0 unspecified atom stereocenters. The third-order valence-electron chi connectivity index (χ3n) is 4.00. The van der Waals surface area contributed by atoms with Crippen molar-refractivity contribution in [1.82, 2.24) is 4.90 Å². The molecule has 1 saturated carbocycles. The molecule has 0 aliphatic heterocycles. The topological polar surface area (TPSA) is 43.8 Å². The van der Waals surface area contributed by atoms with E-state index in [4.69, 9.17) is 0 Å². The molecule has 1 fully saturated rings. The Morgan fingerprint density at radius 1 is 1.20 bits per heavy atom. The van der Waals surface area contributed by atoms with Crippen LogP contribution in [0.2, 0.25) is 0 Å². The standard InChI is InChI=1S/C16H24N2O2/c1-17(2)14-9-7-13(8-10-14)16(20)18(11-12-19)15-5-3-4-6-15/h7-10,15,19H,3-6,11-12H2,1-2H3. The van der Waals surface area contributed by atoms with Gasteiger partial charge in [-0.2, -0.15) is 0 Å². The lowest BCUT2D eigenvalue weighted by Gasteiger charge is -2.28. The molecule has 0 saturated heterocycles. The van der Waals surface area contributed by atoms with Crippen molar-refractivity contribution in [3.05, 3.63) is 29.8 Å². The number of aliphatic hydroxyl groups is 1. The molecule has 20 heavy (non-hydrogen) atoms. The molecule has 1 amide bonds. The van der Waals surface area contributed by atoms with Crippen molar-refractivity contribution in [3.63, 3.8) is 0 Å². The van der Waals surface area contributed by atoms with Gasteiger partial charge in [-0.3, -0.25) is 4.79 Å². The summed E-state index contributed by atoms with van der Waals surface area (Å²) in [4.78, 5) is 16.5. The smallest absolute Gasteiger partial charge is 0.254 e. The second-order valence-electron chi connectivity index (χ2n) is 5.60. The quantitative estimate of drug-likeness (QED) is 0.896. The highest BCUT2D eigenvalue weighted by Gasteiger charge is 2.26. The Morgan fingerprint density at radius 2 is 1.80 bits per heavy atom. The van der Waals surface area contributed by atoms with Crippen LogP contribution in [0.15, 0.2) is 24.3 Å². The van der Waals surface area contributed by atoms with Gasteiger partial charge in [0.05, 0.1) is 6.61 Å². The first-order chi connectivity index (χ1) is 9.63. The van der Waals surface area contributed by atoms with Gasteiger partial charge in [-0.25, -0.2) is 0 Å². The Hall–Kier alpha value is -1.55. The van der Waals surface area contributed by atoms with Crippen molar-refractivity contribution in [2.75, 3.05) is 32.1 Å². The summed E-state index contributed by atoms with van der Waals surface area (Å²) in [5, 5.41) is 9.21. The molecular weight excluding hydrogens is 252 g/mol. The highest BCUT2D eigenvalue weighted by atomic mass is 16.3. The van der Waals surface area contributed by atoms with Gasteiger partial charge in [0.25, 0.3) is 5.91 Å². The van der Waals surface area contributed by atoms with Crippen LogP contribution < -0.4 is 4.90 Å². The van der Waals surface area contributed by atoms with Crippen LogP contribution in [0.3, 0.4) is 0 Å². The Balaban J connectivity index is 2.13. The number of carbonyl (C=O) groups excluding carboxylic acids is 1. The first-order valence-electron chi connectivity index (χ1n) is 7.32. The highest BCUT2D eigenvalue weighted by Crippen LogP contribution is 2.25. The number of amides is 1. The number of carbonyl (C=O) groups is 1. The van der Waals surface area contributed by atoms with E-state index in [1.54, 1.807) is 0 Å². The fourth-order valence-corrected chi connectivity index (χ4v) is 2.84. The maximum atomic E-state index is 12.6. The molecule has 0 heterocycles. The van der Waals surface area contributed by atoms with Crippen molar-refractivity contribution in [2.24, 2.45) is 0 Å². The fourth-order valence-electron chi connectivity index (χ4n) is 2.84. The minimum absolute atomic E-state index is 0.0258. The van der Waals surface area contributed by atoms with Crippen LogP contribution >= 0.6 is 0 Å². The zero-order valence-corrected chi connectivity index (χ0v) is 12.4. The van der Waals surface area contributed by atoms with Gasteiger partial charge in [-0.15, -0.1) is 0 Å². The zero-order valence-electron chi connectivity index (χ0n) is 12.4. The molecule has 2 rings (SSSR count). The summed E-state index contributed by atoms with van der Waals surface area (Å²) in [6, 6.07) is 7.95. The number of benzene rings is 1. The molecule has 0 aromatic heterocycles. The van der Waals surface area contributed by atoms with Crippen LogP contribution in [0.1, 0.15) is 36.0 Å². The molecule has 110 valence electrons. The monoisotopic (exact) mass is 276 g/mol. The van der Waals surface area contributed by atoms with Crippen LogP contribution in [0, 0.1) is 0 Å². The van der Waals surface area contributed by atoms with E-state index < -0.39 is 0 Å². The average Bonchev–Trinajstić information content (AvgIpc) is 2.98. The van der Waals surface area contributed by atoms with Crippen molar-refractivity contribution >= 4 is 11.6 Å². The average molecular weight is 276 g/mol. The second kappa shape index (κ2) is 6.75. The maximum Gasteiger partial charge on any atom is 0.254 e. The summed E-state index contributed by atoms with van der Waals surface area (Å²) in [5.41, 5.74) is 1.78. The van der Waals surface area contributed by atoms with Gasteiger partial charge in [0, 0.05) is 37.9 Å². The van der Waals surface area contributed by atoms with Crippen molar-refractivity contribution in [1.29, 1.82) is 0 Å². The molecule has 1 aromatic carbocycles. The van der Waals surface area contributed by atoms with Crippen LogP contribution in [0.5, 0.6) is 0 Å². The van der Waals surface area contributed by atoms with Gasteiger partial charge in [0.1, 0.15) is 0 Å². The van der Waals surface area contributed by atoms with Gasteiger partial charge in [-0.1, -0.05) is 12.8 Å².